The molecule has 200 valence electrons. The van der Waals surface area contributed by atoms with Crippen LogP contribution in [0.25, 0.3) is 0 Å². The molecule has 0 bridgehead atoms. The number of thioether (sulfide) groups is 1. The second-order valence-electron chi connectivity index (χ2n) is 9.40. The average molecular weight is 550 g/mol. The van der Waals surface area contributed by atoms with Crippen molar-refractivity contribution in [2.24, 2.45) is 4.99 Å². The standard InChI is InChI=1S/C32H28FN5OS/c1-23-28(16-26-17-34-22-35-18-26)20-38(32(36-23)40-21-25-8-12-29(33)13-9-25)30-14-10-27(11-15-30)31(39)37(2)19-24-6-4-3-5-7-24/h3-15,17-18,20,22H,1,16,19,21H2,2H3. The molecule has 0 aliphatic carbocycles. The number of rotatable bonds is 8. The van der Waals surface area contributed by atoms with Crippen molar-refractivity contribution in [2.45, 2.75) is 18.7 Å². The van der Waals surface area contributed by atoms with Gasteiger partial charge < -0.3 is 4.90 Å². The summed E-state index contributed by atoms with van der Waals surface area (Å²) >= 11 is 1.54. The summed E-state index contributed by atoms with van der Waals surface area (Å²) in [6.07, 6.45) is 7.66. The number of carbonyl (C=O) groups is 1. The van der Waals surface area contributed by atoms with Crippen LogP contribution in [-0.4, -0.2) is 33.0 Å². The van der Waals surface area contributed by atoms with Gasteiger partial charge in [0.05, 0.1) is 5.70 Å². The van der Waals surface area contributed by atoms with Crippen LogP contribution in [0.4, 0.5) is 10.1 Å². The summed E-state index contributed by atoms with van der Waals surface area (Å²) in [7, 11) is 1.80. The molecule has 40 heavy (non-hydrogen) atoms. The maximum absolute atomic E-state index is 13.4. The molecule has 4 aromatic rings. The molecule has 0 radical (unpaired) electrons. The van der Waals surface area contributed by atoms with Crippen molar-refractivity contribution in [3.63, 3.8) is 0 Å². The number of carbonyl (C=O) groups excluding carboxylic acids is 1. The van der Waals surface area contributed by atoms with Gasteiger partial charge in [0.1, 0.15) is 12.1 Å². The lowest BCUT2D eigenvalue weighted by Crippen LogP contribution is -2.28. The van der Waals surface area contributed by atoms with Gasteiger partial charge in [0.2, 0.25) is 0 Å². The Bertz CT molecular complexity index is 1540. The number of aliphatic imine (C=N–C) groups is 1. The summed E-state index contributed by atoms with van der Waals surface area (Å²) in [4.78, 5) is 29.9. The van der Waals surface area contributed by atoms with E-state index in [2.05, 4.69) is 16.5 Å². The summed E-state index contributed by atoms with van der Waals surface area (Å²) in [6, 6.07) is 23.9. The van der Waals surface area contributed by atoms with Crippen molar-refractivity contribution in [1.82, 2.24) is 14.9 Å². The maximum Gasteiger partial charge on any atom is 0.253 e. The van der Waals surface area contributed by atoms with E-state index < -0.39 is 0 Å². The Morgan fingerprint density at radius 1 is 0.925 bits per heavy atom. The second kappa shape index (κ2) is 12.5. The van der Waals surface area contributed by atoms with Crippen LogP contribution < -0.4 is 4.90 Å². The molecule has 0 atom stereocenters. The third-order valence-corrected chi connectivity index (χ3v) is 7.41. The van der Waals surface area contributed by atoms with Gasteiger partial charge in [-0.25, -0.2) is 19.4 Å². The molecular formula is C32H28FN5OS. The molecule has 0 fully saturated rings. The summed E-state index contributed by atoms with van der Waals surface area (Å²) < 4.78 is 13.4. The van der Waals surface area contributed by atoms with E-state index in [1.54, 1.807) is 36.5 Å². The monoisotopic (exact) mass is 549 g/mol. The molecule has 0 spiro atoms. The molecule has 1 aliphatic heterocycles. The highest BCUT2D eigenvalue weighted by Gasteiger charge is 2.22. The lowest BCUT2D eigenvalue weighted by atomic mass is 10.1. The Hall–Kier alpha value is -4.56. The van der Waals surface area contributed by atoms with E-state index in [0.717, 1.165) is 33.1 Å². The van der Waals surface area contributed by atoms with Crippen LogP contribution in [0.15, 0.2) is 127 Å². The number of nitrogens with zero attached hydrogens (tertiary/aromatic N) is 5. The molecule has 8 heteroatoms. The van der Waals surface area contributed by atoms with Gasteiger partial charge >= 0.3 is 0 Å². The molecule has 0 saturated carbocycles. The third kappa shape index (κ3) is 6.71. The van der Waals surface area contributed by atoms with Gasteiger partial charge in [-0.15, -0.1) is 0 Å². The molecule has 1 aromatic heterocycles. The van der Waals surface area contributed by atoms with E-state index in [1.807, 2.05) is 65.7 Å². The van der Waals surface area contributed by atoms with Gasteiger partial charge in [0.15, 0.2) is 5.17 Å². The minimum atomic E-state index is -0.264. The normalized spacial score (nSPS) is 13.1. The smallest absolute Gasteiger partial charge is 0.253 e. The molecule has 5 rings (SSSR count). The average Bonchev–Trinajstić information content (AvgIpc) is 2.99. The molecule has 2 heterocycles. The zero-order valence-corrected chi connectivity index (χ0v) is 22.9. The molecule has 0 unspecified atom stereocenters. The first kappa shape index (κ1) is 27.0. The van der Waals surface area contributed by atoms with Crippen LogP contribution in [0.5, 0.6) is 0 Å². The number of halogens is 1. The number of hydrogen-bond acceptors (Lipinski definition) is 6. The van der Waals surface area contributed by atoms with Crippen molar-refractivity contribution in [2.75, 3.05) is 11.9 Å². The minimum absolute atomic E-state index is 0.0534. The van der Waals surface area contributed by atoms with E-state index in [4.69, 9.17) is 4.99 Å². The number of hydrogen-bond donors (Lipinski definition) is 0. The molecule has 1 amide bonds. The largest absolute Gasteiger partial charge is 0.337 e. The third-order valence-electron chi connectivity index (χ3n) is 6.38. The summed E-state index contributed by atoms with van der Waals surface area (Å²) in [5, 5.41) is 0.739. The number of amides is 1. The first-order valence-electron chi connectivity index (χ1n) is 12.7. The summed E-state index contributed by atoms with van der Waals surface area (Å²) in [6.45, 7) is 4.72. The van der Waals surface area contributed by atoms with Crippen molar-refractivity contribution in [3.05, 3.63) is 150 Å². The van der Waals surface area contributed by atoms with Gasteiger partial charge in [0, 0.05) is 55.6 Å². The Morgan fingerprint density at radius 3 is 2.33 bits per heavy atom. The molecule has 6 nitrogen and oxygen atoms in total. The Kier molecular flexibility index (Phi) is 8.47. The van der Waals surface area contributed by atoms with Crippen molar-refractivity contribution >= 4 is 28.5 Å². The fourth-order valence-corrected chi connectivity index (χ4v) is 5.21. The molecule has 0 saturated heterocycles. The molecule has 1 aliphatic rings. The lowest BCUT2D eigenvalue weighted by Gasteiger charge is -2.28. The van der Waals surface area contributed by atoms with E-state index in [9.17, 15) is 9.18 Å². The van der Waals surface area contributed by atoms with Gasteiger partial charge in [0.25, 0.3) is 5.91 Å². The van der Waals surface area contributed by atoms with Crippen LogP contribution in [0.1, 0.15) is 27.0 Å². The highest BCUT2D eigenvalue weighted by atomic mass is 32.2. The Balaban J connectivity index is 1.37. The molecule has 0 N–H and O–H groups in total. The van der Waals surface area contributed by atoms with Crippen molar-refractivity contribution < 1.29 is 9.18 Å². The van der Waals surface area contributed by atoms with Crippen molar-refractivity contribution in [3.8, 4) is 0 Å². The number of amidine groups is 1. The minimum Gasteiger partial charge on any atom is -0.337 e. The lowest BCUT2D eigenvalue weighted by molar-refractivity contribution is 0.0785. The zero-order valence-electron chi connectivity index (χ0n) is 22.1. The predicted molar refractivity (Wildman–Crippen MR) is 159 cm³/mol. The Labute approximate surface area is 237 Å². The van der Waals surface area contributed by atoms with Crippen LogP contribution in [0.2, 0.25) is 0 Å². The van der Waals surface area contributed by atoms with E-state index in [0.29, 0.717) is 30.0 Å². The van der Waals surface area contributed by atoms with E-state index in [-0.39, 0.29) is 11.7 Å². The zero-order chi connectivity index (χ0) is 27.9. The number of anilines is 1. The number of aromatic nitrogens is 2. The number of allylic oxidation sites excluding steroid dienone is 1. The fourth-order valence-electron chi connectivity index (χ4n) is 4.24. The summed E-state index contributed by atoms with van der Waals surface area (Å²) in [5.41, 5.74) is 6.07. The SMILES string of the molecule is C=C1N=C(SCc2ccc(F)cc2)N(c2ccc(C(=O)N(C)Cc3ccccc3)cc2)C=C1Cc1cncnc1. The second-order valence-corrected chi connectivity index (χ2v) is 10.3. The topological polar surface area (TPSA) is 61.7 Å². The van der Waals surface area contributed by atoms with E-state index in [1.165, 1.54) is 30.2 Å². The predicted octanol–water partition coefficient (Wildman–Crippen LogP) is 6.64. The first-order chi connectivity index (χ1) is 19.5. The maximum atomic E-state index is 13.4. The fraction of sp³-hybridized carbons (Fsp3) is 0.125. The van der Waals surface area contributed by atoms with Crippen LogP contribution >= 0.6 is 11.8 Å². The first-order valence-corrected chi connectivity index (χ1v) is 13.7. The van der Waals surface area contributed by atoms with Gasteiger partial charge in [-0.05, 0) is 58.7 Å². The molecular weight excluding hydrogens is 521 g/mol. The van der Waals surface area contributed by atoms with Crippen molar-refractivity contribution in [1.29, 1.82) is 0 Å². The Morgan fingerprint density at radius 2 is 1.62 bits per heavy atom. The van der Waals surface area contributed by atoms with Crippen LogP contribution in [0.3, 0.4) is 0 Å². The highest BCUT2D eigenvalue weighted by Crippen LogP contribution is 2.31. The highest BCUT2D eigenvalue weighted by molar-refractivity contribution is 8.13. The molecule has 3 aromatic carbocycles. The van der Waals surface area contributed by atoms with E-state index >= 15 is 0 Å². The van der Waals surface area contributed by atoms with Crippen LogP contribution in [-0.2, 0) is 18.7 Å². The quantitative estimate of drug-likeness (QED) is 0.247. The number of benzene rings is 3. The van der Waals surface area contributed by atoms with Gasteiger partial charge in [-0.2, -0.15) is 0 Å². The van der Waals surface area contributed by atoms with Gasteiger partial charge in [-0.3, -0.25) is 9.69 Å². The van der Waals surface area contributed by atoms with Crippen LogP contribution in [0, 0.1) is 5.82 Å². The summed E-state index contributed by atoms with van der Waals surface area (Å²) in [5.74, 6) is 0.294. The van der Waals surface area contributed by atoms with Gasteiger partial charge in [-0.1, -0.05) is 60.8 Å².